The molecule has 6 nitrogen and oxygen atoms in total. The molecular weight excluding hydrogens is 531 g/mol. The van der Waals surface area contributed by atoms with Crippen molar-refractivity contribution in [2.24, 2.45) is 17.8 Å². The van der Waals surface area contributed by atoms with Crippen LogP contribution in [0.5, 0.6) is 0 Å². The second kappa shape index (κ2) is 9.29. The molecule has 2 saturated carbocycles. The van der Waals surface area contributed by atoms with Crippen molar-refractivity contribution in [2.75, 3.05) is 30.0 Å². The minimum Gasteiger partial charge on any atom is -0.371 e. The summed E-state index contributed by atoms with van der Waals surface area (Å²) >= 11 is 13.0. The zero-order valence-electron chi connectivity index (χ0n) is 20.2. The maximum atomic E-state index is 12.2. The Morgan fingerprint density at radius 3 is 2.32 bits per heavy atom. The van der Waals surface area contributed by atoms with Gasteiger partial charge in [0.15, 0.2) is 15.6 Å². The van der Waals surface area contributed by atoms with E-state index in [4.69, 9.17) is 27.7 Å². The van der Waals surface area contributed by atoms with Gasteiger partial charge in [0, 0.05) is 47.6 Å². The number of carbonyl (C=O) groups is 1. The van der Waals surface area contributed by atoms with Crippen LogP contribution in [-0.4, -0.2) is 44.5 Å². The van der Waals surface area contributed by atoms with Crippen LogP contribution >= 0.6 is 23.2 Å². The van der Waals surface area contributed by atoms with Crippen molar-refractivity contribution in [3.05, 3.63) is 75.5 Å². The molecule has 3 aromatic rings. The predicted octanol–water partition coefficient (Wildman–Crippen LogP) is 6.15. The molecular formula is C28H26Cl2N2O4S. The number of halogens is 2. The molecule has 2 aliphatic carbocycles. The number of hydrogen-bond donors (Lipinski definition) is 0. The van der Waals surface area contributed by atoms with Crippen molar-refractivity contribution in [1.82, 2.24) is 5.16 Å². The minimum atomic E-state index is -3.34. The molecule has 3 aliphatic rings. The molecule has 37 heavy (non-hydrogen) atoms. The number of allylic oxidation sites excluding steroid dienone is 1. The Balaban J connectivity index is 1.15. The molecule has 0 N–H and O–H groups in total. The fourth-order valence-corrected chi connectivity index (χ4v) is 6.69. The summed E-state index contributed by atoms with van der Waals surface area (Å²) in [6.07, 6.45) is 7.71. The van der Waals surface area contributed by atoms with Crippen molar-refractivity contribution in [2.45, 2.75) is 18.8 Å². The standard InChI is InChI=1S/C28H26Cl2N2O4S/c1-37(34,35)15-25(33)16-7-9-18(10-8-16)32-13-21-19(22(21)14-32)11-12-20-27(31-36-28(20)17-5-6-17)26-23(29)3-2-4-24(26)30/h2-4,7-12,17,19,21-22H,5-6,13-15H2,1H3/b12-11+. The van der Waals surface area contributed by atoms with E-state index in [0.717, 1.165) is 49.2 Å². The number of nitrogens with zero attached hydrogens (tertiary/aromatic N) is 2. The van der Waals surface area contributed by atoms with Crippen LogP contribution in [0.4, 0.5) is 5.69 Å². The number of aromatic nitrogens is 1. The van der Waals surface area contributed by atoms with Gasteiger partial charge in [0.25, 0.3) is 0 Å². The summed E-state index contributed by atoms with van der Waals surface area (Å²) < 4.78 is 28.6. The van der Waals surface area contributed by atoms with Gasteiger partial charge in [-0.25, -0.2) is 8.42 Å². The number of fused-ring (bicyclic) bond motifs is 1. The largest absolute Gasteiger partial charge is 0.371 e. The van der Waals surface area contributed by atoms with Crippen LogP contribution in [0.25, 0.3) is 17.3 Å². The zero-order chi connectivity index (χ0) is 25.9. The van der Waals surface area contributed by atoms with E-state index in [1.54, 1.807) is 12.1 Å². The Morgan fingerprint density at radius 1 is 1.08 bits per heavy atom. The van der Waals surface area contributed by atoms with Gasteiger partial charge in [-0.1, -0.05) is 46.6 Å². The Morgan fingerprint density at radius 2 is 1.73 bits per heavy atom. The first-order chi connectivity index (χ1) is 17.7. The van der Waals surface area contributed by atoms with Crippen LogP contribution in [0.3, 0.4) is 0 Å². The van der Waals surface area contributed by atoms with Crippen molar-refractivity contribution in [1.29, 1.82) is 0 Å². The second-order valence-corrected chi connectivity index (χ2v) is 13.3. The summed E-state index contributed by atoms with van der Waals surface area (Å²) in [7, 11) is -3.34. The Hall–Kier alpha value is -2.61. The molecule has 1 saturated heterocycles. The molecule has 2 atom stereocenters. The average molecular weight is 557 g/mol. The molecule has 2 aromatic carbocycles. The number of sulfone groups is 1. The Bertz CT molecular complexity index is 1480. The topological polar surface area (TPSA) is 80.5 Å². The molecule has 192 valence electrons. The lowest BCUT2D eigenvalue weighted by Gasteiger charge is -2.21. The lowest BCUT2D eigenvalue weighted by atomic mass is 10.0. The van der Waals surface area contributed by atoms with Gasteiger partial charge in [0.1, 0.15) is 17.2 Å². The highest BCUT2D eigenvalue weighted by molar-refractivity contribution is 7.91. The first-order valence-electron chi connectivity index (χ1n) is 12.4. The van der Waals surface area contributed by atoms with Crippen LogP contribution in [-0.2, 0) is 9.84 Å². The van der Waals surface area contributed by atoms with Crippen LogP contribution in [0.2, 0.25) is 10.0 Å². The highest BCUT2D eigenvalue weighted by Crippen LogP contribution is 2.54. The van der Waals surface area contributed by atoms with Gasteiger partial charge in [-0.2, -0.15) is 0 Å². The summed E-state index contributed by atoms with van der Waals surface area (Å²) in [4.78, 5) is 14.5. The number of carbonyl (C=O) groups excluding carboxylic acids is 1. The molecule has 0 amide bonds. The first kappa shape index (κ1) is 24.7. The van der Waals surface area contributed by atoms with E-state index in [2.05, 4.69) is 22.2 Å². The molecule has 0 spiro atoms. The maximum absolute atomic E-state index is 12.2. The number of hydrogen-bond acceptors (Lipinski definition) is 6. The highest BCUT2D eigenvalue weighted by atomic mass is 35.5. The number of benzene rings is 2. The SMILES string of the molecule is CS(=O)(=O)CC(=O)c1ccc(N2CC3C(/C=C/c4c(-c5c(Cl)cccc5Cl)noc4C4CC4)C3C2)cc1. The molecule has 1 aliphatic heterocycles. The van der Waals surface area contributed by atoms with Crippen LogP contribution < -0.4 is 4.90 Å². The van der Waals surface area contributed by atoms with Gasteiger partial charge < -0.3 is 9.42 Å². The third-order valence-corrected chi connectivity index (χ3v) is 9.01. The van der Waals surface area contributed by atoms with Gasteiger partial charge in [-0.05, 0) is 67.0 Å². The molecule has 0 radical (unpaired) electrons. The van der Waals surface area contributed by atoms with E-state index in [9.17, 15) is 13.2 Å². The van der Waals surface area contributed by atoms with Crippen molar-refractivity contribution in [3.8, 4) is 11.3 Å². The van der Waals surface area contributed by atoms with Gasteiger partial charge in [-0.15, -0.1) is 0 Å². The summed E-state index contributed by atoms with van der Waals surface area (Å²) in [5.74, 6) is 2.11. The van der Waals surface area contributed by atoms with Gasteiger partial charge >= 0.3 is 0 Å². The second-order valence-electron chi connectivity index (χ2n) is 10.4. The molecule has 9 heteroatoms. The Labute approximate surface area is 226 Å². The fourth-order valence-electron chi connectivity index (χ4n) is 5.47. The summed E-state index contributed by atoms with van der Waals surface area (Å²) in [5.41, 5.74) is 3.87. The fraction of sp³-hybridized carbons (Fsp3) is 0.357. The van der Waals surface area contributed by atoms with E-state index in [1.807, 2.05) is 30.3 Å². The van der Waals surface area contributed by atoms with Gasteiger partial charge in [-0.3, -0.25) is 4.79 Å². The number of ketones is 1. The molecule has 0 bridgehead atoms. The number of piperidine rings is 1. The smallest absolute Gasteiger partial charge is 0.177 e. The van der Waals surface area contributed by atoms with Crippen molar-refractivity contribution >= 4 is 50.6 Å². The van der Waals surface area contributed by atoms with Crippen LogP contribution in [0.15, 0.2) is 53.1 Å². The summed E-state index contributed by atoms with van der Waals surface area (Å²) in [6, 6.07) is 12.7. The first-order valence-corrected chi connectivity index (χ1v) is 15.2. The lowest BCUT2D eigenvalue weighted by Crippen LogP contribution is -2.23. The van der Waals surface area contributed by atoms with E-state index in [0.29, 0.717) is 50.5 Å². The Kier molecular flexibility index (Phi) is 6.21. The van der Waals surface area contributed by atoms with Crippen LogP contribution in [0, 0.1) is 17.8 Å². The maximum Gasteiger partial charge on any atom is 0.177 e. The average Bonchev–Trinajstić information content (AvgIpc) is 3.71. The number of Topliss-reactive ketones (excluding diaryl/α,β-unsaturated/α-hetero) is 1. The monoisotopic (exact) mass is 556 g/mol. The number of anilines is 1. The van der Waals surface area contributed by atoms with Crippen molar-refractivity contribution in [3.63, 3.8) is 0 Å². The van der Waals surface area contributed by atoms with E-state index >= 15 is 0 Å². The molecule has 3 fully saturated rings. The molecule has 2 heterocycles. The third kappa shape index (κ3) is 4.97. The number of rotatable bonds is 8. The van der Waals surface area contributed by atoms with E-state index < -0.39 is 15.6 Å². The third-order valence-electron chi connectivity index (χ3n) is 7.60. The molecule has 1 aromatic heterocycles. The van der Waals surface area contributed by atoms with Crippen molar-refractivity contribution < 1.29 is 17.7 Å². The van der Waals surface area contributed by atoms with Gasteiger partial charge in [0.05, 0.1) is 10.0 Å². The van der Waals surface area contributed by atoms with E-state index in [-0.39, 0.29) is 5.78 Å². The minimum absolute atomic E-state index is 0.375. The normalized spacial score (nSPS) is 23.0. The quantitative estimate of drug-likeness (QED) is 0.309. The van der Waals surface area contributed by atoms with Gasteiger partial charge in [0.2, 0.25) is 0 Å². The summed E-state index contributed by atoms with van der Waals surface area (Å²) in [5, 5.41) is 5.48. The van der Waals surface area contributed by atoms with Crippen LogP contribution in [0.1, 0.15) is 40.4 Å². The lowest BCUT2D eigenvalue weighted by molar-refractivity contribution is 0.102. The summed E-state index contributed by atoms with van der Waals surface area (Å²) in [6.45, 7) is 1.89. The molecule has 2 unspecified atom stereocenters. The zero-order valence-corrected chi connectivity index (χ0v) is 22.6. The van der Waals surface area contributed by atoms with E-state index in [1.165, 1.54) is 0 Å². The highest BCUT2D eigenvalue weighted by Gasteiger charge is 2.54. The molecule has 6 rings (SSSR count). The predicted molar refractivity (Wildman–Crippen MR) is 146 cm³/mol.